The minimum absolute atomic E-state index is 0.224. The van der Waals surface area contributed by atoms with Crippen LogP contribution in [-0.2, 0) is 11.3 Å². The Labute approximate surface area is 89.2 Å². The first-order valence-corrected chi connectivity index (χ1v) is 5.34. The zero-order valence-electron chi connectivity index (χ0n) is 9.12. The van der Waals surface area contributed by atoms with Gasteiger partial charge in [-0.15, -0.1) is 0 Å². The normalized spacial score (nSPS) is 19.7. The molecular weight excluding hydrogens is 192 g/mol. The van der Waals surface area contributed by atoms with Crippen molar-refractivity contribution >= 4 is 5.97 Å². The number of nitrogens with one attached hydrogen (secondary N) is 1. The number of nitrogens with zero attached hydrogens (tertiary/aromatic N) is 1. The van der Waals surface area contributed by atoms with Crippen LogP contribution < -0.4 is 5.32 Å². The van der Waals surface area contributed by atoms with Crippen LogP contribution in [0.3, 0.4) is 0 Å². The van der Waals surface area contributed by atoms with Crippen molar-refractivity contribution in [1.82, 2.24) is 9.88 Å². The molecule has 1 N–H and O–H groups in total. The summed E-state index contributed by atoms with van der Waals surface area (Å²) in [4.78, 5) is 11.6. The molecule has 0 aromatic carbocycles. The highest BCUT2D eigenvalue weighted by molar-refractivity contribution is 5.88. The molecule has 0 spiro atoms. The first-order chi connectivity index (χ1) is 7.24. The van der Waals surface area contributed by atoms with Gasteiger partial charge < -0.3 is 14.6 Å². The van der Waals surface area contributed by atoms with Gasteiger partial charge in [-0.2, -0.15) is 0 Å². The molecule has 1 aliphatic rings. The minimum atomic E-state index is -0.224. The third-order valence-corrected chi connectivity index (χ3v) is 2.73. The van der Waals surface area contributed by atoms with Crippen molar-refractivity contribution in [3.8, 4) is 0 Å². The zero-order valence-corrected chi connectivity index (χ0v) is 9.12. The maximum Gasteiger partial charge on any atom is 0.354 e. The Kier molecular flexibility index (Phi) is 2.77. The average Bonchev–Trinajstić information content (AvgIpc) is 2.63. The van der Waals surface area contributed by atoms with Crippen LogP contribution in [-0.4, -0.2) is 23.7 Å². The van der Waals surface area contributed by atoms with E-state index in [0.717, 1.165) is 18.8 Å². The molecule has 0 bridgehead atoms. The van der Waals surface area contributed by atoms with E-state index in [-0.39, 0.29) is 5.97 Å². The van der Waals surface area contributed by atoms with Gasteiger partial charge in [0.2, 0.25) is 0 Å². The highest BCUT2D eigenvalue weighted by Gasteiger charge is 2.21. The van der Waals surface area contributed by atoms with Gasteiger partial charge >= 0.3 is 5.97 Å². The lowest BCUT2D eigenvalue weighted by Gasteiger charge is -2.24. The highest BCUT2D eigenvalue weighted by atomic mass is 16.5. The SMILES string of the molecule is CCOC(=O)c1ccc2n1CCNC2C. The molecule has 0 aliphatic carbocycles. The van der Waals surface area contributed by atoms with Gasteiger partial charge in [0.1, 0.15) is 5.69 Å². The van der Waals surface area contributed by atoms with E-state index in [1.807, 2.05) is 23.6 Å². The summed E-state index contributed by atoms with van der Waals surface area (Å²) < 4.78 is 7.05. The molecule has 0 fully saturated rings. The zero-order chi connectivity index (χ0) is 10.8. The Morgan fingerprint density at radius 3 is 3.20 bits per heavy atom. The molecule has 4 heteroatoms. The molecule has 1 aromatic rings. The first kappa shape index (κ1) is 10.2. The molecular formula is C11H16N2O2. The Bertz CT molecular complexity index is 371. The van der Waals surface area contributed by atoms with E-state index in [0.29, 0.717) is 18.3 Å². The molecule has 0 saturated carbocycles. The van der Waals surface area contributed by atoms with Crippen molar-refractivity contribution in [2.75, 3.05) is 13.2 Å². The largest absolute Gasteiger partial charge is 0.461 e. The summed E-state index contributed by atoms with van der Waals surface area (Å²) in [6.07, 6.45) is 0. The first-order valence-electron chi connectivity index (χ1n) is 5.34. The van der Waals surface area contributed by atoms with Crippen molar-refractivity contribution in [2.24, 2.45) is 0 Å². The Balaban J connectivity index is 2.30. The van der Waals surface area contributed by atoms with Gasteiger partial charge in [0.25, 0.3) is 0 Å². The molecule has 2 rings (SSSR count). The van der Waals surface area contributed by atoms with Crippen LogP contribution in [0.15, 0.2) is 12.1 Å². The molecule has 0 radical (unpaired) electrons. The van der Waals surface area contributed by atoms with Crippen LogP contribution in [0.25, 0.3) is 0 Å². The number of fused-ring (bicyclic) bond motifs is 1. The summed E-state index contributed by atoms with van der Waals surface area (Å²) in [6.45, 7) is 6.07. The number of carbonyl (C=O) groups is 1. The lowest BCUT2D eigenvalue weighted by molar-refractivity contribution is 0.0512. The topological polar surface area (TPSA) is 43.3 Å². The van der Waals surface area contributed by atoms with Crippen molar-refractivity contribution < 1.29 is 9.53 Å². The number of aromatic nitrogens is 1. The highest BCUT2D eigenvalue weighted by Crippen LogP contribution is 2.20. The lowest BCUT2D eigenvalue weighted by atomic mass is 10.2. The fourth-order valence-electron chi connectivity index (χ4n) is 1.99. The predicted octanol–water partition coefficient (Wildman–Crippen LogP) is 1.33. The number of rotatable bonds is 2. The second-order valence-electron chi connectivity index (χ2n) is 3.69. The number of esters is 1. The molecule has 82 valence electrons. The molecule has 1 aliphatic heterocycles. The van der Waals surface area contributed by atoms with Gasteiger partial charge in [-0.3, -0.25) is 0 Å². The Hall–Kier alpha value is -1.29. The van der Waals surface area contributed by atoms with Crippen molar-refractivity contribution in [2.45, 2.75) is 26.4 Å². The van der Waals surface area contributed by atoms with Crippen molar-refractivity contribution in [3.63, 3.8) is 0 Å². The van der Waals surface area contributed by atoms with Crippen LogP contribution >= 0.6 is 0 Å². The molecule has 1 unspecified atom stereocenters. The molecule has 1 aromatic heterocycles. The molecule has 15 heavy (non-hydrogen) atoms. The number of hydrogen-bond acceptors (Lipinski definition) is 3. The van der Waals surface area contributed by atoms with Gasteiger partial charge in [0.15, 0.2) is 0 Å². The van der Waals surface area contributed by atoms with Crippen LogP contribution in [0.2, 0.25) is 0 Å². The fraction of sp³-hybridized carbons (Fsp3) is 0.545. The van der Waals surface area contributed by atoms with Crippen molar-refractivity contribution in [3.05, 3.63) is 23.5 Å². The minimum Gasteiger partial charge on any atom is -0.461 e. The maximum absolute atomic E-state index is 11.6. The van der Waals surface area contributed by atoms with Crippen LogP contribution in [0.4, 0.5) is 0 Å². The summed E-state index contributed by atoms with van der Waals surface area (Å²) in [5.41, 5.74) is 1.82. The molecule has 1 atom stereocenters. The van der Waals surface area contributed by atoms with Crippen LogP contribution in [0, 0.1) is 0 Å². The molecule has 0 saturated heterocycles. The van der Waals surface area contributed by atoms with E-state index in [2.05, 4.69) is 12.2 Å². The summed E-state index contributed by atoms with van der Waals surface area (Å²) in [5.74, 6) is -0.224. The van der Waals surface area contributed by atoms with Crippen LogP contribution in [0.5, 0.6) is 0 Å². The molecule has 2 heterocycles. The standard InChI is InChI=1S/C11H16N2O2/c1-3-15-11(14)10-5-4-9-8(2)12-6-7-13(9)10/h4-5,8,12H,3,6-7H2,1-2H3. The Morgan fingerprint density at radius 1 is 1.67 bits per heavy atom. The molecule has 4 nitrogen and oxygen atoms in total. The van der Waals surface area contributed by atoms with E-state index in [9.17, 15) is 4.79 Å². The fourth-order valence-corrected chi connectivity index (χ4v) is 1.99. The number of ether oxygens (including phenoxy) is 1. The van der Waals surface area contributed by atoms with E-state index in [1.165, 1.54) is 0 Å². The smallest absolute Gasteiger partial charge is 0.354 e. The van der Waals surface area contributed by atoms with Crippen molar-refractivity contribution in [1.29, 1.82) is 0 Å². The summed E-state index contributed by atoms with van der Waals surface area (Å²) in [5, 5.41) is 3.35. The lowest BCUT2D eigenvalue weighted by Crippen LogP contribution is -2.32. The summed E-state index contributed by atoms with van der Waals surface area (Å²) in [7, 11) is 0. The van der Waals surface area contributed by atoms with Gasteiger partial charge in [-0.05, 0) is 26.0 Å². The molecule has 0 amide bonds. The maximum atomic E-state index is 11.6. The van der Waals surface area contributed by atoms with Gasteiger partial charge in [0.05, 0.1) is 6.61 Å². The van der Waals surface area contributed by atoms with Gasteiger partial charge in [-0.1, -0.05) is 0 Å². The van der Waals surface area contributed by atoms with E-state index >= 15 is 0 Å². The van der Waals surface area contributed by atoms with E-state index < -0.39 is 0 Å². The third-order valence-electron chi connectivity index (χ3n) is 2.73. The summed E-state index contributed by atoms with van der Waals surface area (Å²) in [6, 6.07) is 4.14. The summed E-state index contributed by atoms with van der Waals surface area (Å²) >= 11 is 0. The Morgan fingerprint density at radius 2 is 2.47 bits per heavy atom. The quantitative estimate of drug-likeness (QED) is 0.746. The average molecular weight is 208 g/mol. The van der Waals surface area contributed by atoms with E-state index in [4.69, 9.17) is 4.74 Å². The van der Waals surface area contributed by atoms with Gasteiger partial charge in [-0.25, -0.2) is 4.79 Å². The number of hydrogen-bond donors (Lipinski definition) is 1. The second kappa shape index (κ2) is 4.06. The van der Waals surface area contributed by atoms with E-state index in [1.54, 1.807) is 0 Å². The monoisotopic (exact) mass is 208 g/mol. The van der Waals surface area contributed by atoms with Crippen LogP contribution in [0.1, 0.15) is 36.1 Å². The predicted molar refractivity (Wildman–Crippen MR) is 56.8 cm³/mol. The second-order valence-corrected chi connectivity index (χ2v) is 3.69. The number of carbonyl (C=O) groups excluding carboxylic acids is 1. The van der Waals surface area contributed by atoms with Gasteiger partial charge in [0, 0.05) is 24.8 Å². The third kappa shape index (κ3) is 1.77.